The number of nitrogens with zero attached hydrogens (tertiary/aromatic N) is 8. The molecule has 0 spiro atoms. The highest BCUT2D eigenvalue weighted by atomic mass is 32.1. The molecule has 496 valence electrons. The molecule has 0 aliphatic heterocycles. The molecule has 0 N–H and O–H groups in total. The Morgan fingerprint density at radius 1 is 0.160 bits per heavy atom. The Bertz CT molecular complexity index is 6890. The second kappa shape index (κ2) is 26.3. The number of para-hydroxylation sites is 2. The van der Waals surface area contributed by atoms with Gasteiger partial charge in [0.05, 0.1) is 22.1 Å². The maximum Gasteiger partial charge on any atom is 0.164 e. The molecule has 0 saturated heterocycles. The maximum atomic E-state index is 5.10. The summed E-state index contributed by atoms with van der Waals surface area (Å²) in [5.74, 6) is 3.84. The smallest absolute Gasteiger partial charge is 0.164 e. The zero-order valence-electron chi connectivity index (χ0n) is 57.0. The highest BCUT2D eigenvalue weighted by Gasteiger charge is 2.21. The predicted molar refractivity (Wildman–Crippen MR) is 443 cm³/mol. The average Bonchev–Trinajstić information content (AvgIpc) is 1.51. The van der Waals surface area contributed by atoms with Crippen molar-refractivity contribution in [3.05, 3.63) is 364 Å². The number of hydrogen-bond acceptors (Lipinski definition) is 8. The van der Waals surface area contributed by atoms with Gasteiger partial charge in [-0.1, -0.05) is 267 Å². The molecule has 0 amide bonds. The Kier molecular flexibility index (Phi) is 15.4. The molecule has 0 atom stereocenters. The quantitative estimate of drug-likeness (QED) is 0.128. The molecular weight excluding hydrogens is 1330 g/mol. The Hall–Kier alpha value is -13.6. The molecule has 0 bridgehead atoms. The molecule has 21 rings (SSSR count). The van der Waals surface area contributed by atoms with Crippen molar-refractivity contribution in [2.45, 2.75) is 0 Å². The first kappa shape index (κ1) is 62.2. The number of fused-ring (bicyclic) bond motifs is 12. The minimum atomic E-state index is 0.627. The monoisotopic (exact) mass is 1390 g/mol. The van der Waals surface area contributed by atoms with Crippen molar-refractivity contribution in [2.24, 2.45) is 0 Å². The fourth-order valence-electron chi connectivity index (χ4n) is 15.0. The Morgan fingerprint density at radius 3 is 0.830 bits per heavy atom. The maximum absolute atomic E-state index is 5.10. The van der Waals surface area contributed by atoms with Crippen LogP contribution in [0.5, 0.6) is 0 Å². The van der Waals surface area contributed by atoms with Crippen LogP contribution in [0.3, 0.4) is 0 Å². The SMILES string of the molecule is c1ccc(-c2ccc(-c3nc(-c4ccccc4)nc(-c4cccc(-n5c6ccccc6c6cc(-c7ccc8sc9ccccc9c8c7)ccc65)c4)n3)cc2)cc1.c1ccc(-c2nc(-c3ccccc3)nc(-c3cccc(-n4c5ccccc5c5cc(-c6ccc7sc8ccccc8c7c6)ccc54)c3)n2)cc1. The van der Waals surface area contributed by atoms with Crippen molar-refractivity contribution in [1.82, 2.24) is 39.0 Å². The van der Waals surface area contributed by atoms with Crippen molar-refractivity contribution in [3.63, 3.8) is 0 Å². The summed E-state index contributed by atoms with van der Waals surface area (Å²) < 4.78 is 9.99. The van der Waals surface area contributed by atoms with Crippen molar-refractivity contribution < 1.29 is 0 Å². The van der Waals surface area contributed by atoms with E-state index in [1.165, 1.54) is 89.7 Å². The lowest BCUT2D eigenvalue weighted by atomic mass is 10.0. The summed E-state index contributed by atoms with van der Waals surface area (Å²) in [5.41, 5.74) is 19.5. The number of hydrogen-bond donors (Lipinski definition) is 0. The van der Waals surface area contributed by atoms with Gasteiger partial charge in [-0.15, -0.1) is 22.7 Å². The van der Waals surface area contributed by atoms with Gasteiger partial charge in [-0.25, -0.2) is 29.9 Å². The summed E-state index contributed by atoms with van der Waals surface area (Å²) in [6.07, 6.45) is 0. The van der Waals surface area contributed by atoms with E-state index in [1.807, 2.05) is 120 Å². The summed E-state index contributed by atoms with van der Waals surface area (Å²) in [6.45, 7) is 0. The molecule has 6 aromatic heterocycles. The van der Waals surface area contributed by atoms with Crippen molar-refractivity contribution in [3.8, 4) is 113 Å². The van der Waals surface area contributed by atoms with E-state index >= 15 is 0 Å². The number of aromatic nitrogens is 8. The second-order valence-electron chi connectivity index (χ2n) is 26.5. The van der Waals surface area contributed by atoms with Crippen LogP contribution in [0.25, 0.3) is 197 Å². The normalized spacial score (nSPS) is 11.6. The first-order valence-corrected chi connectivity index (χ1v) is 37.1. The van der Waals surface area contributed by atoms with Gasteiger partial charge in [0.15, 0.2) is 34.9 Å². The molecule has 0 unspecified atom stereocenters. The van der Waals surface area contributed by atoms with Crippen LogP contribution < -0.4 is 0 Å². The minimum Gasteiger partial charge on any atom is -0.309 e. The van der Waals surface area contributed by atoms with Crippen LogP contribution >= 0.6 is 22.7 Å². The molecule has 0 saturated carbocycles. The molecule has 106 heavy (non-hydrogen) atoms. The summed E-state index contributed by atoms with van der Waals surface area (Å²) in [4.78, 5) is 30.0. The largest absolute Gasteiger partial charge is 0.309 e. The van der Waals surface area contributed by atoms with Crippen molar-refractivity contribution in [2.75, 3.05) is 0 Å². The Labute approximate surface area is 618 Å². The highest BCUT2D eigenvalue weighted by molar-refractivity contribution is 7.26. The van der Waals surface area contributed by atoms with E-state index in [0.29, 0.717) is 34.9 Å². The average molecular weight is 1390 g/mol. The molecule has 6 heterocycles. The predicted octanol–water partition coefficient (Wildman–Crippen LogP) is 25.7. The van der Waals surface area contributed by atoms with E-state index in [9.17, 15) is 0 Å². The lowest BCUT2D eigenvalue weighted by Crippen LogP contribution is -2.01. The molecule has 0 aliphatic carbocycles. The van der Waals surface area contributed by atoms with Gasteiger partial charge in [0.2, 0.25) is 0 Å². The van der Waals surface area contributed by atoms with E-state index in [2.05, 4.69) is 276 Å². The van der Waals surface area contributed by atoms with Crippen LogP contribution in [0.15, 0.2) is 364 Å². The third kappa shape index (κ3) is 11.3. The Balaban J connectivity index is 0.000000141. The summed E-state index contributed by atoms with van der Waals surface area (Å²) in [7, 11) is 0. The van der Waals surface area contributed by atoms with Gasteiger partial charge in [0.25, 0.3) is 0 Å². The van der Waals surface area contributed by atoms with Crippen LogP contribution in [0.1, 0.15) is 0 Å². The van der Waals surface area contributed by atoms with Crippen LogP contribution in [-0.2, 0) is 0 Å². The van der Waals surface area contributed by atoms with Crippen molar-refractivity contribution >= 4 is 107 Å². The molecule has 10 heteroatoms. The Morgan fingerprint density at radius 2 is 0.425 bits per heavy atom. The molecule has 0 fully saturated rings. The second-order valence-corrected chi connectivity index (χ2v) is 28.7. The molecule has 15 aromatic carbocycles. The zero-order valence-corrected chi connectivity index (χ0v) is 58.7. The summed E-state index contributed by atoms with van der Waals surface area (Å²) in [6, 6.07) is 128. The number of thiophene rings is 2. The van der Waals surface area contributed by atoms with Gasteiger partial charge >= 0.3 is 0 Å². The lowest BCUT2D eigenvalue weighted by molar-refractivity contribution is 1.07. The molecule has 8 nitrogen and oxygen atoms in total. The topological polar surface area (TPSA) is 87.2 Å². The highest BCUT2D eigenvalue weighted by Crippen LogP contribution is 2.43. The zero-order chi connectivity index (χ0) is 70.0. The first-order chi connectivity index (χ1) is 52.5. The van der Waals surface area contributed by atoms with Gasteiger partial charge < -0.3 is 9.13 Å². The van der Waals surface area contributed by atoms with Crippen LogP contribution in [-0.4, -0.2) is 39.0 Å². The third-order valence-electron chi connectivity index (χ3n) is 20.1. The molecule has 0 radical (unpaired) electrons. The van der Waals surface area contributed by atoms with Gasteiger partial charge in [-0.05, 0) is 130 Å². The third-order valence-corrected chi connectivity index (χ3v) is 22.4. The van der Waals surface area contributed by atoms with E-state index < -0.39 is 0 Å². The van der Waals surface area contributed by atoms with E-state index in [1.54, 1.807) is 0 Å². The van der Waals surface area contributed by atoms with E-state index in [4.69, 9.17) is 29.9 Å². The first-order valence-electron chi connectivity index (χ1n) is 35.5. The number of benzene rings is 15. The summed E-state index contributed by atoms with van der Waals surface area (Å²) in [5, 5.41) is 10.1. The van der Waals surface area contributed by atoms with Gasteiger partial charge in [0.1, 0.15) is 0 Å². The fraction of sp³-hybridized carbons (Fsp3) is 0. The van der Waals surface area contributed by atoms with Crippen LogP contribution in [0.4, 0.5) is 0 Å². The molecule has 0 aliphatic rings. The molecular formula is C96H60N8S2. The van der Waals surface area contributed by atoms with E-state index in [-0.39, 0.29) is 0 Å². The van der Waals surface area contributed by atoms with E-state index in [0.717, 1.165) is 72.4 Å². The lowest BCUT2D eigenvalue weighted by Gasteiger charge is -2.12. The standard InChI is InChI=1S/C51H32N4S.C45H28N4S/c1-3-12-33(13-4-1)34-22-24-36(25-23-34)50-52-49(35-14-5-2-6-15-35)53-51(54-50)39-16-11-17-40(30-39)55-45-20-9-7-18-41(45)43-31-37(26-28-46(43)55)38-27-29-48-44(32-38)42-19-8-10-21-47(42)56-48;1-3-12-29(13-4-1)43-46-44(30-14-5-2-6-15-30)48-45(47-43)33-16-11-17-34(26-33)49-39-20-9-7-18-35(39)37-27-31(22-24-40(37)49)32-23-25-42-38(28-32)36-19-8-10-21-41(36)50-42/h1-32H;1-28H. The van der Waals surface area contributed by atoms with Crippen LogP contribution in [0, 0.1) is 0 Å². The van der Waals surface area contributed by atoms with Gasteiger partial charge in [-0.3, -0.25) is 0 Å². The van der Waals surface area contributed by atoms with Gasteiger partial charge in [-0.2, -0.15) is 0 Å². The van der Waals surface area contributed by atoms with Gasteiger partial charge in [0, 0.05) is 107 Å². The molecule has 21 aromatic rings. The summed E-state index contributed by atoms with van der Waals surface area (Å²) >= 11 is 3.71. The fourth-order valence-corrected chi connectivity index (χ4v) is 17.1. The van der Waals surface area contributed by atoms with Crippen LogP contribution in [0.2, 0.25) is 0 Å². The number of rotatable bonds is 11. The van der Waals surface area contributed by atoms with Crippen molar-refractivity contribution in [1.29, 1.82) is 0 Å². The minimum absolute atomic E-state index is 0.627.